The van der Waals surface area contributed by atoms with Crippen LogP contribution >= 0.6 is 11.3 Å². The number of nitrogens with two attached hydrogens (primary N) is 1. The minimum atomic E-state index is 0.432. The summed E-state index contributed by atoms with van der Waals surface area (Å²) in [5, 5.41) is 0. The number of aryl methyl sites for hydroxylation is 1. The van der Waals surface area contributed by atoms with E-state index in [9.17, 15) is 0 Å². The summed E-state index contributed by atoms with van der Waals surface area (Å²) in [6.45, 7) is 9.25. The first-order valence-corrected chi connectivity index (χ1v) is 8.16. The molecule has 1 aliphatic rings. The first-order valence-electron chi connectivity index (χ1n) is 7.35. The number of hydrogen-bond donors (Lipinski definition) is 1. The van der Waals surface area contributed by atoms with Crippen LogP contribution in [0.2, 0.25) is 0 Å². The predicted octanol–water partition coefficient (Wildman–Crippen LogP) is 2.91. The summed E-state index contributed by atoms with van der Waals surface area (Å²) in [6, 6.07) is 2.27. The highest BCUT2D eigenvalue weighted by molar-refractivity contribution is 7.12. The van der Waals surface area contributed by atoms with E-state index in [1.165, 1.54) is 34.7 Å². The third kappa shape index (κ3) is 4.28. The van der Waals surface area contributed by atoms with E-state index < -0.39 is 0 Å². The molecule has 1 aromatic rings. The molecule has 0 radical (unpaired) electrons. The Morgan fingerprint density at radius 1 is 1.53 bits per heavy atom. The lowest BCUT2D eigenvalue weighted by Crippen LogP contribution is -2.39. The highest BCUT2D eigenvalue weighted by Crippen LogP contribution is 2.24. The van der Waals surface area contributed by atoms with Gasteiger partial charge >= 0.3 is 0 Å². The van der Waals surface area contributed by atoms with Crippen LogP contribution in [-0.4, -0.2) is 30.7 Å². The maximum absolute atomic E-state index is 5.90. The molecular weight excluding hydrogens is 256 g/mol. The molecule has 2 N–H and O–H groups in total. The molecule has 0 saturated carbocycles. The number of likely N-dealkylation sites (tertiary alicyclic amines) is 1. The molecule has 0 aromatic carbocycles. The fraction of sp³-hybridized carbons (Fsp3) is 0.733. The lowest BCUT2D eigenvalue weighted by Gasteiger charge is -2.32. The molecule has 1 atom stereocenters. The summed E-state index contributed by atoms with van der Waals surface area (Å²) in [7, 11) is 0. The Morgan fingerprint density at radius 3 is 3.05 bits per heavy atom. The number of nitrogens with zero attached hydrogens (tertiary/aromatic N) is 1. The first kappa shape index (κ1) is 15.0. The van der Waals surface area contributed by atoms with Crippen LogP contribution in [0.3, 0.4) is 0 Å². The zero-order valence-corrected chi connectivity index (χ0v) is 13.0. The maximum atomic E-state index is 5.90. The van der Waals surface area contributed by atoms with Gasteiger partial charge in [0.1, 0.15) is 0 Å². The van der Waals surface area contributed by atoms with E-state index in [4.69, 9.17) is 10.5 Å². The standard InChI is InChI=1S/C15H26N2OS/c1-3-7-18-14-5-4-6-17(11-14)10-13-8-15(9-16)19-12(13)2/h8,14H,3-7,9-11,16H2,1-2H3. The molecule has 2 heterocycles. The van der Waals surface area contributed by atoms with Crippen molar-refractivity contribution in [3.8, 4) is 0 Å². The van der Waals surface area contributed by atoms with E-state index in [1.807, 2.05) is 11.3 Å². The van der Waals surface area contributed by atoms with Gasteiger partial charge in [-0.25, -0.2) is 0 Å². The highest BCUT2D eigenvalue weighted by atomic mass is 32.1. The van der Waals surface area contributed by atoms with Crippen LogP contribution < -0.4 is 5.73 Å². The van der Waals surface area contributed by atoms with Crippen LogP contribution in [0.1, 0.15) is 41.5 Å². The summed E-state index contributed by atoms with van der Waals surface area (Å²) in [5.41, 5.74) is 7.16. The zero-order valence-electron chi connectivity index (χ0n) is 12.2. The van der Waals surface area contributed by atoms with Crippen molar-refractivity contribution < 1.29 is 4.74 Å². The minimum absolute atomic E-state index is 0.432. The summed E-state index contributed by atoms with van der Waals surface area (Å²) < 4.78 is 5.90. The van der Waals surface area contributed by atoms with Crippen LogP contribution in [-0.2, 0) is 17.8 Å². The van der Waals surface area contributed by atoms with Gasteiger partial charge in [-0.15, -0.1) is 11.3 Å². The Kier molecular flexibility index (Phi) is 5.82. The Balaban J connectivity index is 1.89. The molecule has 0 bridgehead atoms. The number of ether oxygens (including phenoxy) is 1. The molecular formula is C15H26N2OS. The molecule has 1 aromatic heterocycles. The summed E-state index contributed by atoms with van der Waals surface area (Å²) in [4.78, 5) is 5.24. The SMILES string of the molecule is CCCOC1CCCN(Cc2cc(CN)sc2C)C1. The average Bonchev–Trinajstić information content (AvgIpc) is 2.77. The van der Waals surface area contributed by atoms with Crippen molar-refractivity contribution in [2.75, 3.05) is 19.7 Å². The van der Waals surface area contributed by atoms with Crippen molar-refractivity contribution in [3.05, 3.63) is 21.4 Å². The fourth-order valence-corrected chi connectivity index (χ4v) is 3.60. The van der Waals surface area contributed by atoms with Crippen molar-refractivity contribution in [2.24, 2.45) is 5.73 Å². The zero-order chi connectivity index (χ0) is 13.7. The van der Waals surface area contributed by atoms with Gasteiger partial charge in [0.2, 0.25) is 0 Å². The summed E-state index contributed by atoms with van der Waals surface area (Å²) >= 11 is 1.83. The molecule has 1 saturated heterocycles. The second kappa shape index (κ2) is 7.39. The molecule has 1 unspecified atom stereocenters. The Labute approximate surface area is 120 Å². The molecule has 4 heteroatoms. The lowest BCUT2D eigenvalue weighted by atomic mass is 10.1. The van der Waals surface area contributed by atoms with E-state index in [1.54, 1.807) is 0 Å². The van der Waals surface area contributed by atoms with Crippen LogP contribution in [0, 0.1) is 6.92 Å². The second-order valence-corrected chi connectivity index (χ2v) is 6.71. The Bertz CT molecular complexity index is 391. The predicted molar refractivity (Wildman–Crippen MR) is 81.5 cm³/mol. The smallest absolute Gasteiger partial charge is 0.0702 e. The molecule has 0 spiro atoms. The topological polar surface area (TPSA) is 38.5 Å². The lowest BCUT2D eigenvalue weighted by molar-refractivity contribution is -0.00224. The van der Waals surface area contributed by atoms with Gasteiger partial charge in [-0.3, -0.25) is 4.90 Å². The molecule has 0 amide bonds. The number of thiophene rings is 1. The molecule has 1 fully saturated rings. The van der Waals surface area contributed by atoms with Crippen molar-refractivity contribution in [3.63, 3.8) is 0 Å². The van der Waals surface area contributed by atoms with E-state index in [0.717, 1.165) is 26.1 Å². The van der Waals surface area contributed by atoms with Crippen molar-refractivity contribution in [1.29, 1.82) is 0 Å². The van der Waals surface area contributed by atoms with Gasteiger partial charge in [0.15, 0.2) is 0 Å². The van der Waals surface area contributed by atoms with Gasteiger partial charge in [0, 0.05) is 36.0 Å². The van der Waals surface area contributed by atoms with Crippen LogP contribution in [0.5, 0.6) is 0 Å². The summed E-state index contributed by atoms with van der Waals surface area (Å²) in [5.74, 6) is 0. The quantitative estimate of drug-likeness (QED) is 0.872. The van der Waals surface area contributed by atoms with Gasteiger partial charge in [0.25, 0.3) is 0 Å². The molecule has 2 rings (SSSR count). The van der Waals surface area contributed by atoms with Gasteiger partial charge in [-0.05, 0) is 44.4 Å². The average molecular weight is 282 g/mol. The van der Waals surface area contributed by atoms with Crippen LogP contribution in [0.25, 0.3) is 0 Å². The minimum Gasteiger partial charge on any atom is -0.377 e. The monoisotopic (exact) mass is 282 g/mol. The second-order valence-electron chi connectivity index (χ2n) is 5.37. The number of hydrogen-bond acceptors (Lipinski definition) is 4. The molecule has 1 aliphatic heterocycles. The van der Waals surface area contributed by atoms with Gasteiger partial charge < -0.3 is 10.5 Å². The van der Waals surface area contributed by atoms with Gasteiger partial charge in [0.05, 0.1) is 6.10 Å². The van der Waals surface area contributed by atoms with Crippen LogP contribution in [0.4, 0.5) is 0 Å². The molecule has 108 valence electrons. The Morgan fingerprint density at radius 2 is 2.37 bits per heavy atom. The number of rotatable bonds is 6. The number of piperidine rings is 1. The van der Waals surface area contributed by atoms with E-state index in [2.05, 4.69) is 24.8 Å². The molecule has 19 heavy (non-hydrogen) atoms. The molecule has 0 aliphatic carbocycles. The third-order valence-corrected chi connectivity index (χ3v) is 4.80. The summed E-state index contributed by atoms with van der Waals surface area (Å²) in [6.07, 6.45) is 4.01. The van der Waals surface area contributed by atoms with Gasteiger partial charge in [-0.1, -0.05) is 6.92 Å². The van der Waals surface area contributed by atoms with E-state index >= 15 is 0 Å². The normalized spacial score (nSPS) is 20.9. The first-order chi connectivity index (χ1) is 9.22. The van der Waals surface area contributed by atoms with Crippen LogP contribution in [0.15, 0.2) is 6.07 Å². The maximum Gasteiger partial charge on any atom is 0.0702 e. The van der Waals surface area contributed by atoms with E-state index in [-0.39, 0.29) is 0 Å². The highest BCUT2D eigenvalue weighted by Gasteiger charge is 2.21. The van der Waals surface area contributed by atoms with E-state index in [0.29, 0.717) is 12.6 Å². The van der Waals surface area contributed by atoms with Crippen molar-refractivity contribution in [1.82, 2.24) is 4.90 Å². The fourth-order valence-electron chi connectivity index (χ4n) is 2.66. The van der Waals surface area contributed by atoms with Gasteiger partial charge in [-0.2, -0.15) is 0 Å². The third-order valence-electron chi connectivity index (χ3n) is 3.69. The molecule has 3 nitrogen and oxygen atoms in total. The van der Waals surface area contributed by atoms with Crippen molar-refractivity contribution in [2.45, 2.75) is 52.3 Å². The van der Waals surface area contributed by atoms with Crippen molar-refractivity contribution >= 4 is 11.3 Å². The largest absolute Gasteiger partial charge is 0.377 e. The Hall–Kier alpha value is -0.420.